The second-order valence-corrected chi connectivity index (χ2v) is 5.26. The minimum atomic E-state index is -3.01. The lowest BCUT2D eigenvalue weighted by Crippen LogP contribution is -2.42. The fraction of sp³-hybridized carbons (Fsp3) is 0.533. The van der Waals surface area contributed by atoms with Crippen molar-refractivity contribution in [1.29, 1.82) is 0 Å². The first kappa shape index (κ1) is 16.6. The average molecular weight is 286 g/mol. The molecule has 2 unspecified atom stereocenters. The third-order valence-corrected chi connectivity index (χ3v) is 3.47. The van der Waals surface area contributed by atoms with Crippen LogP contribution in [0, 0.1) is 5.92 Å². The monoisotopic (exact) mass is 286 g/mol. The third kappa shape index (κ3) is 3.33. The SMILES string of the molecule is COC(=O)C(C(F)F)C(C)(O)c1ccc(C(C)C)cc1. The van der Waals surface area contributed by atoms with E-state index in [0.717, 1.165) is 12.7 Å². The van der Waals surface area contributed by atoms with Crippen LogP contribution in [0.1, 0.15) is 37.8 Å². The maximum atomic E-state index is 13.1. The molecule has 0 aliphatic rings. The Balaban J connectivity index is 3.15. The number of benzene rings is 1. The van der Waals surface area contributed by atoms with E-state index in [1.807, 2.05) is 13.8 Å². The number of hydrogen-bond donors (Lipinski definition) is 1. The zero-order valence-corrected chi connectivity index (χ0v) is 12.1. The second-order valence-electron chi connectivity index (χ2n) is 5.26. The van der Waals surface area contributed by atoms with Crippen molar-refractivity contribution < 1.29 is 23.4 Å². The zero-order valence-electron chi connectivity index (χ0n) is 12.1. The number of rotatable bonds is 5. The van der Waals surface area contributed by atoms with Crippen LogP contribution in [0.3, 0.4) is 0 Å². The summed E-state index contributed by atoms with van der Waals surface area (Å²) in [6.07, 6.45) is -3.01. The van der Waals surface area contributed by atoms with Gasteiger partial charge in [-0.15, -0.1) is 0 Å². The second kappa shape index (κ2) is 6.31. The molecule has 0 aromatic heterocycles. The van der Waals surface area contributed by atoms with Gasteiger partial charge in [-0.3, -0.25) is 4.79 Å². The van der Waals surface area contributed by atoms with Gasteiger partial charge in [0.05, 0.1) is 7.11 Å². The summed E-state index contributed by atoms with van der Waals surface area (Å²) in [5.41, 5.74) is -0.703. The molecule has 0 fully saturated rings. The molecule has 0 amide bonds. The molecule has 0 aliphatic carbocycles. The Hall–Kier alpha value is -1.49. The lowest BCUT2D eigenvalue weighted by molar-refractivity contribution is -0.167. The number of alkyl halides is 2. The van der Waals surface area contributed by atoms with Crippen LogP contribution in [-0.4, -0.2) is 24.6 Å². The summed E-state index contributed by atoms with van der Waals surface area (Å²) in [6, 6.07) is 6.64. The van der Waals surface area contributed by atoms with Crippen molar-refractivity contribution in [3.8, 4) is 0 Å². The largest absolute Gasteiger partial charge is 0.469 e. The number of halogens is 2. The molecule has 0 aliphatic heterocycles. The molecule has 1 aromatic rings. The highest BCUT2D eigenvalue weighted by molar-refractivity contribution is 5.74. The van der Waals surface area contributed by atoms with E-state index in [0.29, 0.717) is 5.92 Å². The van der Waals surface area contributed by atoms with Gasteiger partial charge in [-0.2, -0.15) is 0 Å². The number of carbonyl (C=O) groups is 1. The quantitative estimate of drug-likeness (QED) is 0.846. The van der Waals surface area contributed by atoms with Gasteiger partial charge in [-0.25, -0.2) is 8.78 Å². The molecule has 0 spiro atoms. The smallest absolute Gasteiger partial charge is 0.317 e. The van der Waals surface area contributed by atoms with Crippen molar-refractivity contribution in [1.82, 2.24) is 0 Å². The lowest BCUT2D eigenvalue weighted by Gasteiger charge is -2.31. The van der Waals surface area contributed by atoms with Crippen LogP contribution in [0.2, 0.25) is 0 Å². The minimum Gasteiger partial charge on any atom is -0.469 e. The molecule has 1 aromatic carbocycles. The Morgan fingerprint density at radius 2 is 1.75 bits per heavy atom. The lowest BCUT2D eigenvalue weighted by atomic mass is 9.82. The summed E-state index contributed by atoms with van der Waals surface area (Å²) < 4.78 is 30.5. The van der Waals surface area contributed by atoms with Crippen LogP contribution >= 0.6 is 0 Å². The fourth-order valence-electron chi connectivity index (χ4n) is 2.09. The Labute approximate surface area is 117 Å². The van der Waals surface area contributed by atoms with Crippen molar-refractivity contribution in [3.05, 3.63) is 35.4 Å². The maximum Gasteiger partial charge on any atom is 0.317 e. The van der Waals surface area contributed by atoms with Crippen LogP contribution in [0.15, 0.2) is 24.3 Å². The highest BCUT2D eigenvalue weighted by Gasteiger charge is 2.46. The first-order valence-corrected chi connectivity index (χ1v) is 6.40. The Morgan fingerprint density at radius 1 is 1.25 bits per heavy atom. The molecule has 20 heavy (non-hydrogen) atoms. The van der Waals surface area contributed by atoms with Gasteiger partial charge < -0.3 is 9.84 Å². The van der Waals surface area contributed by atoms with Gasteiger partial charge in [0.25, 0.3) is 6.43 Å². The average Bonchev–Trinajstić information content (AvgIpc) is 2.37. The summed E-state index contributed by atoms with van der Waals surface area (Å²) in [7, 11) is 1.02. The van der Waals surface area contributed by atoms with Crippen LogP contribution in [0.4, 0.5) is 8.78 Å². The molecule has 0 saturated heterocycles. The van der Waals surface area contributed by atoms with Crippen LogP contribution < -0.4 is 0 Å². The van der Waals surface area contributed by atoms with Crippen LogP contribution in [0.25, 0.3) is 0 Å². The van der Waals surface area contributed by atoms with E-state index in [1.54, 1.807) is 24.3 Å². The standard InChI is InChI=1S/C15H20F2O3/c1-9(2)10-5-7-11(8-6-10)15(3,19)12(13(16)17)14(18)20-4/h5-9,12-13,19H,1-4H3. The molecule has 112 valence electrons. The highest BCUT2D eigenvalue weighted by atomic mass is 19.3. The van der Waals surface area contributed by atoms with E-state index in [9.17, 15) is 18.7 Å². The molecular formula is C15H20F2O3. The number of ether oxygens (including phenoxy) is 1. The molecule has 0 bridgehead atoms. The van der Waals surface area contributed by atoms with E-state index in [2.05, 4.69) is 4.74 Å². The first-order valence-electron chi connectivity index (χ1n) is 6.40. The molecule has 5 heteroatoms. The molecule has 1 rings (SSSR count). The number of methoxy groups -OCH3 is 1. The molecule has 1 N–H and O–H groups in total. The van der Waals surface area contributed by atoms with E-state index in [1.165, 1.54) is 6.92 Å². The third-order valence-electron chi connectivity index (χ3n) is 3.47. The van der Waals surface area contributed by atoms with Crippen molar-refractivity contribution >= 4 is 5.97 Å². The molecular weight excluding hydrogens is 266 g/mol. The van der Waals surface area contributed by atoms with Gasteiger partial charge in [0.2, 0.25) is 0 Å². The predicted octanol–water partition coefficient (Wildman–Crippen LogP) is 3.07. The van der Waals surface area contributed by atoms with Crippen LogP contribution in [0.5, 0.6) is 0 Å². The minimum absolute atomic E-state index is 0.262. The predicted molar refractivity (Wildman–Crippen MR) is 71.6 cm³/mol. The number of hydrogen-bond acceptors (Lipinski definition) is 3. The van der Waals surface area contributed by atoms with Crippen molar-refractivity contribution in [2.75, 3.05) is 7.11 Å². The Kier molecular flexibility index (Phi) is 5.22. The molecule has 3 nitrogen and oxygen atoms in total. The van der Waals surface area contributed by atoms with Gasteiger partial charge in [-0.05, 0) is 24.0 Å². The van der Waals surface area contributed by atoms with E-state index >= 15 is 0 Å². The van der Waals surface area contributed by atoms with Gasteiger partial charge in [-0.1, -0.05) is 38.1 Å². The summed E-state index contributed by atoms with van der Waals surface area (Å²) >= 11 is 0. The summed E-state index contributed by atoms with van der Waals surface area (Å²) in [5, 5.41) is 10.4. The molecule has 0 radical (unpaired) electrons. The molecule has 2 atom stereocenters. The zero-order chi connectivity index (χ0) is 15.5. The number of carbonyl (C=O) groups excluding carboxylic acids is 1. The summed E-state index contributed by atoms with van der Waals surface area (Å²) in [5.74, 6) is -2.75. The Morgan fingerprint density at radius 3 is 2.10 bits per heavy atom. The summed E-state index contributed by atoms with van der Waals surface area (Å²) in [6.45, 7) is 5.21. The van der Waals surface area contributed by atoms with E-state index < -0.39 is 23.9 Å². The first-order chi connectivity index (χ1) is 9.21. The topological polar surface area (TPSA) is 46.5 Å². The number of esters is 1. The van der Waals surface area contributed by atoms with Gasteiger partial charge in [0.15, 0.2) is 0 Å². The number of aliphatic hydroxyl groups is 1. The van der Waals surface area contributed by atoms with Gasteiger partial charge in [0.1, 0.15) is 11.5 Å². The van der Waals surface area contributed by atoms with Crippen molar-refractivity contribution in [3.63, 3.8) is 0 Å². The van der Waals surface area contributed by atoms with E-state index in [4.69, 9.17) is 0 Å². The van der Waals surface area contributed by atoms with Crippen LogP contribution in [-0.2, 0) is 15.1 Å². The molecule has 0 saturated carbocycles. The van der Waals surface area contributed by atoms with Gasteiger partial charge in [0, 0.05) is 0 Å². The van der Waals surface area contributed by atoms with Crippen molar-refractivity contribution in [2.45, 2.75) is 38.7 Å². The Bertz CT molecular complexity index is 453. The highest BCUT2D eigenvalue weighted by Crippen LogP contribution is 2.35. The summed E-state index contributed by atoms with van der Waals surface area (Å²) in [4.78, 5) is 11.5. The normalized spacial score (nSPS) is 16.1. The maximum absolute atomic E-state index is 13.1. The van der Waals surface area contributed by atoms with Gasteiger partial charge >= 0.3 is 5.97 Å². The fourth-order valence-corrected chi connectivity index (χ4v) is 2.09. The van der Waals surface area contributed by atoms with E-state index in [-0.39, 0.29) is 5.56 Å². The molecule has 0 heterocycles. The van der Waals surface area contributed by atoms with Crippen molar-refractivity contribution in [2.24, 2.45) is 5.92 Å².